The van der Waals surface area contributed by atoms with E-state index in [0.29, 0.717) is 6.04 Å². The molecule has 0 saturated carbocycles. The lowest BCUT2D eigenvalue weighted by Crippen LogP contribution is -2.41. The summed E-state index contributed by atoms with van der Waals surface area (Å²) in [5.41, 5.74) is 0. The molecule has 0 bridgehead atoms. The highest BCUT2D eigenvalue weighted by atomic mass is 32.1. The van der Waals surface area contributed by atoms with Crippen LogP contribution in [0.25, 0.3) is 0 Å². The quantitative estimate of drug-likeness (QED) is 0.376. The third kappa shape index (κ3) is 10.6. The van der Waals surface area contributed by atoms with E-state index in [1.54, 1.807) is 0 Å². The molecule has 0 unspecified atom stereocenters. The zero-order chi connectivity index (χ0) is 28.3. The first-order valence-corrected chi connectivity index (χ1v) is 12.2. The van der Waals surface area contributed by atoms with Crippen molar-refractivity contribution in [2.75, 3.05) is 19.8 Å². The van der Waals surface area contributed by atoms with E-state index in [1.807, 2.05) is 34.5 Å². The summed E-state index contributed by atoms with van der Waals surface area (Å²) >= 11 is 1.84. The summed E-state index contributed by atoms with van der Waals surface area (Å²) in [6, 6.07) is 6.83. The molecule has 0 spiro atoms. The van der Waals surface area contributed by atoms with Crippen LogP contribution in [0.4, 0.5) is 26.3 Å². The summed E-state index contributed by atoms with van der Waals surface area (Å²) in [5.74, 6) is -5.51. The topological polar surface area (TPSA) is 114 Å². The fourth-order valence-electron chi connectivity index (χ4n) is 3.83. The minimum absolute atomic E-state index is 0.202. The molecule has 214 valence electrons. The fourth-order valence-corrected chi connectivity index (χ4v) is 4.56. The number of aromatic nitrogens is 2. The van der Waals surface area contributed by atoms with Gasteiger partial charge in [-0.2, -0.15) is 31.4 Å². The molecule has 38 heavy (non-hydrogen) atoms. The molecular formula is C22H27F6N3O6S. The van der Waals surface area contributed by atoms with E-state index in [-0.39, 0.29) is 12.2 Å². The molecule has 4 rings (SSSR count). The lowest BCUT2D eigenvalue weighted by atomic mass is 10.0. The van der Waals surface area contributed by atoms with Gasteiger partial charge >= 0.3 is 24.3 Å². The second-order valence-corrected chi connectivity index (χ2v) is 9.22. The lowest BCUT2D eigenvalue weighted by molar-refractivity contribution is -0.193. The smallest absolute Gasteiger partial charge is 0.475 e. The van der Waals surface area contributed by atoms with Crippen LogP contribution in [0.5, 0.6) is 0 Å². The number of thiophene rings is 1. The molecule has 2 aliphatic rings. The number of ether oxygens (including phenoxy) is 2. The highest BCUT2D eigenvalue weighted by Crippen LogP contribution is 2.32. The van der Waals surface area contributed by atoms with Crippen molar-refractivity contribution in [2.45, 2.75) is 63.0 Å². The third-order valence-electron chi connectivity index (χ3n) is 5.43. The van der Waals surface area contributed by atoms with Crippen LogP contribution in [0.1, 0.15) is 24.1 Å². The molecule has 2 saturated heterocycles. The van der Waals surface area contributed by atoms with Crippen LogP contribution in [-0.2, 0) is 32.2 Å². The van der Waals surface area contributed by atoms with E-state index >= 15 is 0 Å². The van der Waals surface area contributed by atoms with Gasteiger partial charge in [0.2, 0.25) is 0 Å². The number of hydrogen-bond acceptors (Lipinski definition) is 7. The first kappa shape index (κ1) is 31.5. The predicted molar refractivity (Wildman–Crippen MR) is 121 cm³/mol. The summed E-state index contributed by atoms with van der Waals surface area (Å²) in [7, 11) is 0. The van der Waals surface area contributed by atoms with Crippen LogP contribution in [0.2, 0.25) is 0 Å². The van der Waals surface area contributed by atoms with Gasteiger partial charge in [-0.3, -0.25) is 9.58 Å². The van der Waals surface area contributed by atoms with Crippen molar-refractivity contribution >= 4 is 23.3 Å². The van der Waals surface area contributed by atoms with Gasteiger partial charge in [0, 0.05) is 56.2 Å². The Balaban J connectivity index is 0.000000301. The Morgan fingerprint density at radius 2 is 1.79 bits per heavy atom. The largest absolute Gasteiger partial charge is 0.490 e. The average Bonchev–Trinajstić information content (AvgIpc) is 3.60. The summed E-state index contributed by atoms with van der Waals surface area (Å²) in [6.07, 6.45) is -2.53. The predicted octanol–water partition coefficient (Wildman–Crippen LogP) is 4.05. The number of carboxylic acid groups (broad SMARTS) is 2. The number of nitrogens with zero attached hydrogens (tertiary/aromatic N) is 3. The zero-order valence-electron chi connectivity index (χ0n) is 19.9. The summed E-state index contributed by atoms with van der Waals surface area (Å²) in [6.45, 7) is 4.56. The van der Waals surface area contributed by atoms with E-state index in [1.165, 1.54) is 11.3 Å². The molecule has 0 aromatic carbocycles. The van der Waals surface area contributed by atoms with Gasteiger partial charge < -0.3 is 19.7 Å². The monoisotopic (exact) mass is 575 g/mol. The van der Waals surface area contributed by atoms with Crippen LogP contribution in [0, 0.1) is 0 Å². The minimum atomic E-state index is -5.08. The number of halogens is 6. The van der Waals surface area contributed by atoms with Gasteiger partial charge in [0.05, 0.1) is 6.10 Å². The van der Waals surface area contributed by atoms with Crippen LogP contribution in [0.15, 0.2) is 36.0 Å². The first-order chi connectivity index (χ1) is 17.8. The van der Waals surface area contributed by atoms with Gasteiger partial charge in [-0.25, -0.2) is 9.59 Å². The van der Waals surface area contributed by atoms with Crippen molar-refractivity contribution in [3.63, 3.8) is 0 Å². The summed E-state index contributed by atoms with van der Waals surface area (Å²) in [5, 5.41) is 20.6. The summed E-state index contributed by atoms with van der Waals surface area (Å²) in [4.78, 5) is 21.8. The SMILES string of the molecule is O=C(O)C(F)(F)F.O=C(O)C(F)(F)F.c1csc(CN2C[C@H](OCCCn3cccn3)[C@H]3OCCC[C@H]32)c1. The Kier molecular flexibility index (Phi) is 12.0. The molecule has 0 amide bonds. The number of carboxylic acids is 2. The maximum absolute atomic E-state index is 10.6. The molecule has 9 nitrogen and oxygen atoms in total. The van der Waals surface area contributed by atoms with E-state index in [9.17, 15) is 26.3 Å². The van der Waals surface area contributed by atoms with Gasteiger partial charge in [0.1, 0.15) is 6.10 Å². The van der Waals surface area contributed by atoms with Crippen molar-refractivity contribution < 1.29 is 55.6 Å². The highest BCUT2D eigenvalue weighted by Gasteiger charge is 2.44. The maximum atomic E-state index is 10.6. The van der Waals surface area contributed by atoms with Crippen LogP contribution >= 0.6 is 11.3 Å². The van der Waals surface area contributed by atoms with Crippen molar-refractivity contribution in [1.82, 2.24) is 14.7 Å². The Morgan fingerprint density at radius 3 is 2.32 bits per heavy atom. The van der Waals surface area contributed by atoms with Gasteiger partial charge in [0.25, 0.3) is 0 Å². The number of rotatable bonds is 7. The maximum Gasteiger partial charge on any atom is 0.490 e. The van der Waals surface area contributed by atoms with Gasteiger partial charge in [-0.1, -0.05) is 6.07 Å². The number of alkyl halides is 6. The summed E-state index contributed by atoms with van der Waals surface area (Å²) < 4.78 is 77.7. The van der Waals surface area contributed by atoms with Gasteiger partial charge in [0.15, 0.2) is 0 Å². The van der Waals surface area contributed by atoms with E-state index in [0.717, 1.165) is 45.7 Å². The average molecular weight is 576 g/mol. The fraction of sp³-hybridized carbons (Fsp3) is 0.591. The Hall–Kier alpha value is -2.69. The third-order valence-corrected chi connectivity index (χ3v) is 6.29. The Labute approximate surface area is 217 Å². The van der Waals surface area contributed by atoms with Crippen molar-refractivity contribution in [2.24, 2.45) is 0 Å². The number of aliphatic carboxylic acids is 2. The molecule has 2 aromatic heterocycles. The second-order valence-electron chi connectivity index (χ2n) is 8.19. The van der Waals surface area contributed by atoms with Crippen molar-refractivity contribution in [1.29, 1.82) is 0 Å². The first-order valence-electron chi connectivity index (χ1n) is 11.4. The van der Waals surface area contributed by atoms with Gasteiger partial charge in [-0.05, 0) is 36.8 Å². The molecule has 16 heteroatoms. The van der Waals surface area contributed by atoms with Crippen LogP contribution in [-0.4, -0.2) is 87.2 Å². The zero-order valence-corrected chi connectivity index (χ0v) is 20.7. The lowest BCUT2D eigenvalue weighted by Gasteiger charge is -2.32. The molecule has 0 radical (unpaired) electrons. The number of likely N-dealkylation sites (tertiary alicyclic amines) is 1. The highest BCUT2D eigenvalue weighted by molar-refractivity contribution is 7.09. The van der Waals surface area contributed by atoms with Crippen LogP contribution in [0.3, 0.4) is 0 Å². The second kappa shape index (κ2) is 14.5. The normalized spacial score (nSPS) is 21.5. The molecule has 4 heterocycles. The van der Waals surface area contributed by atoms with Crippen LogP contribution < -0.4 is 0 Å². The van der Waals surface area contributed by atoms with E-state index < -0.39 is 24.3 Å². The Morgan fingerprint density at radius 1 is 1.13 bits per heavy atom. The number of aryl methyl sites for hydroxylation is 1. The molecule has 2 aliphatic heterocycles. The number of fused-ring (bicyclic) bond motifs is 1. The van der Waals surface area contributed by atoms with E-state index in [4.69, 9.17) is 29.3 Å². The standard InChI is InChI=1S/C18H25N3O2S.2C2HF3O2/c1-6-16-18(23-10-1)17(14-20(16)13-15-5-2-12-24-15)22-11-4-9-21-8-3-7-19-21;2*3-2(4,5)1(6)7/h2-3,5,7-8,12,16-18H,1,4,6,9-11,13-14H2;2*(H,6,7)/t16-,17+,18+;;/m1../s1. The van der Waals surface area contributed by atoms with E-state index in [2.05, 4.69) is 27.5 Å². The van der Waals surface area contributed by atoms with Crippen molar-refractivity contribution in [3.8, 4) is 0 Å². The molecule has 2 fully saturated rings. The molecule has 0 aliphatic carbocycles. The molecular weight excluding hydrogens is 548 g/mol. The molecule has 3 atom stereocenters. The molecule has 2 N–H and O–H groups in total. The number of hydrogen-bond donors (Lipinski definition) is 2. The number of carbonyl (C=O) groups is 2. The Bertz CT molecular complexity index is 947. The molecule has 2 aromatic rings. The van der Waals surface area contributed by atoms with Crippen molar-refractivity contribution in [3.05, 3.63) is 40.8 Å². The minimum Gasteiger partial charge on any atom is -0.475 e. The van der Waals surface area contributed by atoms with Gasteiger partial charge in [-0.15, -0.1) is 11.3 Å².